The third-order valence-electron chi connectivity index (χ3n) is 6.63. The largest absolute Gasteiger partial charge is 0.297 e. The van der Waals surface area contributed by atoms with Crippen LogP contribution in [-0.2, 0) is 6.54 Å². The van der Waals surface area contributed by atoms with Crippen LogP contribution in [0.3, 0.4) is 0 Å². The van der Waals surface area contributed by atoms with Crippen molar-refractivity contribution in [3.63, 3.8) is 0 Å². The topological polar surface area (TPSA) is 52.8 Å². The van der Waals surface area contributed by atoms with Crippen LogP contribution in [-0.4, -0.2) is 34.2 Å². The number of aryl methyl sites for hydroxylation is 1. The molecule has 4 nitrogen and oxygen atoms in total. The second-order valence-corrected chi connectivity index (χ2v) is 11.4. The maximum atomic E-state index is 9.27. The molecule has 1 aliphatic rings. The van der Waals surface area contributed by atoms with Gasteiger partial charge in [-0.1, -0.05) is 53.6 Å². The molecule has 7 heteroatoms. The van der Waals surface area contributed by atoms with Gasteiger partial charge in [0.25, 0.3) is 0 Å². The number of nitrogens with zero attached hydrogens (tertiary/aromatic N) is 4. The van der Waals surface area contributed by atoms with Gasteiger partial charge in [0.1, 0.15) is 11.1 Å². The Kier molecular flexibility index (Phi) is 7.73. The first-order valence-corrected chi connectivity index (χ1v) is 14.5. The van der Waals surface area contributed by atoms with Gasteiger partial charge in [-0.05, 0) is 68.9 Å². The van der Waals surface area contributed by atoms with Crippen molar-refractivity contribution >= 4 is 34.7 Å². The first-order chi connectivity index (χ1) is 17.5. The molecular weight excluding hydrogens is 504 g/mol. The molecule has 5 rings (SSSR count). The Morgan fingerprint density at radius 3 is 2.36 bits per heavy atom. The van der Waals surface area contributed by atoms with Crippen molar-refractivity contribution in [3.8, 4) is 27.8 Å². The normalized spacial score (nSPS) is 14.6. The van der Waals surface area contributed by atoms with E-state index in [1.165, 1.54) is 32.8 Å². The second kappa shape index (κ2) is 11.1. The van der Waals surface area contributed by atoms with Gasteiger partial charge < -0.3 is 0 Å². The molecule has 0 unspecified atom stereocenters. The monoisotopic (exact) mass is 530 g/mol. The quantitative estimate of drug-likeness (QED) is 0.238. The molecule has 1 aliphatic heterocycles. The van der Waals surface area contributed by atoms with Crippen LogP contribution in [0, 0.1) is 18.3 Å². The predicted molar refractivity (Wildman–Crippen MR) is 151 cm³/mol. The molecule has 0 radical (unpaired) electrons. The van der Waals surface area contributed by atoms with E-state index < -0.39 is 0 Å². The summed E-state index contributed by atoms with van der Waals surface area (Å²) in [5.74, 6) is 0.451. The van der Waals surface area contributed by atoms with E-state index in [-0.39, 0.29) is 0 Å². The van der Waals surface area contributed by atoms with Gasteiger partial charge >= 0.3 is 0 Å². The first kappa shape index (κ1) is 25.0. The summed E-state index contributed by atoms with van der Waals surface area (Å²) in [6.07, 6.45) is 4.12. The van der Waals surface area contributed by atoms with Crippen LogP contribution >= 0.6 is 34.7 Å². The zero-order valence-corrected chi connectivity index (χ0v) is 22.8. The number of hydrogen-bond acceptors (Lipinski definition) is 6. The van der Waals surface area contributed by atoms with Gasteiger partial charge in [-0.15, -0.1) is 23.1 Å². The molecule has 1 fully saturated rings. The molecule has 0 bridgehead atoms. The molecule has 0 spiro atoms. The van der Waals surface area contributed by atoms with E-state index in [9.17, 15) is 5.26 Å². The maximum absolute atomic E-state index is 9.27. The molecule has 0 atom stereocenters. The Labute approximate surface area is 226 Å². The van der Waals surface area contributed by atoms with E-state index in [1.807, 2.05) is 41.9 Å². The summed E-state index contributed by atoms with van der Waals surface area (Å²) in [4.78, 5) is 13.6. The number of thioether (sulfide) groups is 1. The van der Waals surface area contributed by atoms with E-state index in [2.05, 4.69) is 54.3 Å². The fraction of sp³-hybridized carbons (Fsp3) is 0.276. The fourth-order valence-corrected chi connectivity index (χ4v) is 6.52. The standard InChI is InChI=1S/C29H27ClN4S2/c1-19-3-5-21(6-4-19)27-26(20-7-10-24(30)11-8-20)33-29(36-27)22-13-15-34(16-14-22)18-25-12-9-23(17-31)28(32-25)35-2/h3-12,22H,13-16,18H2,1-2H3. The summed E-state index contributed by atoms with van der Waals surface area (Å²) >= 11 is 9.52. The van der Waals surface area contributed by atoms with Gasteiger partial charge in [-0.25, -0.2) is 9.97 Å². The molecule has 0 aliphatic carbocycles. The van der Waals surface area contributed by atoms with Crippen molar-refractivity contribution in [2.24, 2.45) is 0 Å². The lowest BCUT2D eigenvalue weighted by molar-refractivity contribution is 0.202. The van der Waals surface area contributed by atoms with Crippen LogP contribution in [0.5, 0.6) is 0 Å². The van der Waals surface area contributed by atoms with Gasteiger partial charge in [0.05, 0.1) is 26.8 Å². The molecule has 4 aromatic rings. The van der Waals surface area contributed by atoms with Crippen molar-refractivity contribution in [3.05, 3.63) is 87.5 Å². The molecule has 182 valence electrons. The lowest BCUT2D eigenvalue weighted by Crippen LogP contribution is -2.32. The van der Waals surface area contributed by atoms with E-state index in [1.54, 1.807) is 0 Å². The Hall–Kier alpha value is -2.69. The number of pyridine rings is 1. The number of thiazole rings is 1. The smallest absolute Gasteiger partial charge is 0.114 e. The van der Waals surface area contributed by atoms with Gasteiger partial charge in [0, 0.05) is 23.0 Å². The number of likely N-dealkylation sites (tertiary alicyclic amines) is 1. The highest BCUT2D eigenvalue weighted by Crippen LogP contribution is 2.42. The van der Waals surface area contributed by atoms with Gasteiger partial charge in [-0.2, -0.15) is 5.26 Å². The van der Waals surface area contributed by atoms with Crippen LogP contribution in [0.1, 0.15) is 40.6 Å². The van der Waals surface area contributed by atoms with Gasteiger partial charge in [0.2, 0.25) is 0 Å². The summed E-state index contributed by atoms with van der Waals surface area (Å²) in [6.45, 7) is 4.95. The number of halogens is 1. The number of nitriles is 1. The molecule has 1 saturated heterocycles. The molecule has 0 amide bonds. The fourth-order valence-electron chi connectivity index (χ4n) is 4.59. The Morgan fingerprint density at radius 1 is 1.00 bits per heavy atom. The van der Waals surface area contributed by atoms with Crippen LogP contribution < -0.4 is 0 Å². The lowest BCUT2D eigenvalue weighted by atomic mass is 9.97. The third-order valence-corrected chi connectivity index (χ3v) is 8.85. The SMILES string of the molecule is CSc1nc(CN2CCC(c3nc(-c4ccc(Cl)cc4)c(-c4ccc(C)cc4)s3)CC2)ccc1C#N. The number of benzene rings is 2. The van der Waals surface area contributed by atoms with Crippen LogP contribution in [0.25, 0.3) is 21.7 Å². The Morgan fingerprint density at radius 2 is 1.69 bits per heavy atom. The minimum absolute atomic E-state index is 0.451. The lowest BCUT2D eigenvalue weighted by Gasteiger charge is -2.30. The molecule has 0 N–H and O–H groups in total. The van der Waals surface area contributed by atoms with E-state index in [4.69, 9.17) is 21.6 Å². The predicted octanol–water partition coefficient (Wildman–Crippen LogP) is 7.81. The van der Waals surface area contributed by atoms with Crippen molar-refractivity contribution < 1.29 is 0 Å². The van der Waals surface area contributed by atoms with Crippen molar-refractivity contribution in [2.45, 2.75) is 37.3 Å². The minimum atomic E-state index is 0.451. The molecule has 2 aromatic carbocycles. The van der Waals surface area contributed by atoms with Crippen molar-refractivity contribution in [1.82, 2.24) is 14.9 Å². The minimum Gasteiger partial charge on any atom is -0.297 e. The van der Waals surface area contributed by atoms with E-state index in [0.717, 1.165) is 59.5 Å². The average molecular weight is 531 g/mol. The molecule has 2 aromatic heterocycles. The van der Waals surface area contributed by atoms with E-state index >= 15 is 0 Å². The maximum Gasteiger partial charge on any atom is 0.114 e. The summed E-state index contributed by atoms with van der Waals surface area (Å²) in [5.41, 5.74) is 6.29. The summed E-state index contributed by atoms with van der Waals surface area (Å²) in [7, 11) is 0. The zero-order chi connectivity index (χ0) is 25.1. The number of piperidine rings is 1. The average Bonchev–Trinajstić information content (AvgIpc) is 3.35. The molecule has 3 heterocycles. The molecule has 0 saturated carbocycles. The highest BCUT2D eigenvalue weighted by molar-refractivity contribution is 7.98. The third kappa shape index (κ3) is 5.50. The summed E-state index contributed by atoms with van der Waals surface area (Å²) < 4.78 is 0. The Bertz CT molecular complexity index is 1320. The van der Waals surface area contributed by atoms with Crippen LogP contribution in [0.2, 0.25) is 5.02 Å². The number of rotatable bonds is 6. The second-order valence-electron chi connectivity index (χ2n) is 9.12. The van der Waals surface area contributed by atoms with Crippen LogP contribution in [0.4, 0.5) is 0 Å². The molecular formula is C29H27ClN4S2. The zero-order valence-electron chi connectivity index (χ0n) is 20.4. The summed E-state index contributed by atoms with van der Waals surface area (Å²) in [5, 5.41) is 12.0. The van der Waals surface area contributed by atoms with Gasteiger partial charge in [0.15, 0.2) is 0 Å². The molecule has 36 heavy (non-hydrogen) atoms. The van der Waals surface area contributed by atoms with Crippen LogP contribution in [0.15, 0.2) is 65.7 Å². The first-order valence-electron chi connectivity index (χ1n) is 12.0. The highest BCUT2D eigenvalue weighted by atomic mass is 35.5. The highest BCUT2D eigenvalue weighted by Gasteiger charge is 2.26. The van der Waals surface area contributed by atoms with E-state index in [0.29, 0.717) is 11.5 Å². The number of aromatic nitrogens is 2. The Balaban J connectivity index is 1.34. The van der Waals surface area contributed by atoms with Crippen molar-refractivity contribution in [1.29, 1.82) is 5.26 Å². The van der Waals surface area contributed by atoms with Crippen molar-refractivity contribution in [2.75, 3.05) is 19.3 Å². The van der Waals surface area contributed by atoms with Gasteiger partial charge in [-0.3, -0.25) is 4.90 Å². The number of hydrogen-bond donors (Lipinski definition) is 0. The summed E-state index contributed by atoms with van der Waals surface area (Å²) in [6, 6.07) is 22.8.